The van der Waals surface area contributed by atoms with Gasteiger partial charge in [-0.15, -0.1) is 0 Å². The molecule has 0 spiro atoms. The molecule has 1 aromatic rings. The van der Waals surface area contributed by atoms with Gasteiger partial charge in [0.2, 0.25) is 0 Å². The lowest BCUT2D eigenvalue weighted by Gasteiger charge is -2.19. The van der Waals surface area contributed by atoms with Crippen molar-refractivity contribution in [2.75, 3.05) is 25.0 Å². The molecular weight excluding hydrogens is 198 g/mol. The second kappa shape index (κ2) is 4.14. The molecule has 1 heterocycles. The molecule has 4 heteroatoms. The summed E-state index contributed by atoms with van der Waals surface area (Å²) < 4.78 is 26.7. The maximum atomic E-state index is 13.9. The fraction of sp³-hybridized carbons (Fsp3) is 0.455. The molecule has 0 radical (unpaired) electrons. The number of nitrogens with one attached hydrogen (secondary N) is 2. The van der Waals surface area contributed by atoms with Gasteiger partial charge in [0.25, 0.3) is 0 Å². The van der Waals surface area contributed by atoms with E-state index in [9.17, 15) is 8.78 Å². The Kier molecular flexibility index (Phi) is 2.86. The highest BCUT2D eigenvalue weighted by molar-refractivity contribution is 5.43. The van der Waals surface area contributed by atoms with Crippen LogP contribution < -0.4 is 10.6 Å². The molecule has 1 aliphatic heterocycles. The van der Waals surface area contributed by atoms with E-state index in [1.807, 2.05) is 0 Å². The molecule has 0 amide bonds. The first kappa shape index (κ1) is 10.4. The van der Waals surface area contributed by atoms with Gasteiger partial charge in [-0.1, -0.05) is 6.07 Å². The molecule has 2 N–H and O–H groups in total. The van der Waals surface area contributed by atoms with Crippen LogP contribution in [0.3, 0.4) is 0 Å². The molecule has 1 aliphatic rings. The van der Waals surface area contributed by atoms with Crippen LogP contribution in [0.1, 0.15) is 6.42 Å². The largest absolute Gasteiger partial charge is 0.382 e. The van der Waals surface area contributed by atoms with Gasteiger partial charge in [0.05, 0.1) is 6.54 Å². The van der Waals surface area contributed by atoms with Crippen LogP contribution in [0, 0.1) is 5.82 Å². The summed E-state index contributed by atoms with van der Waals surface area (Å²) in [5, 5.41) is 5.88. The second-order valence-electron chi connectivity index (χ2n) is 3.94. The minimum Gasteiger partial charge on any atom is -0.382 e. The van der Waals surface area contributed by atoms with Crippen LogP contribution in [-0.2, 0) is 0 Å². The van der Waals surface area contributed by atoms with Crippen LogP contribution in [-0.4, -0.2) is 25.3 Å². The third kappa shape index (κ3) is 2.65. The predicted molar refractivity (Wildman–Crippen MR) is 56.2 cm³/mol. The van der Waals surface area contributed by atoms with E-state index >= 15 is 0 Å². The summed E-state index contributed by atoms with van der Waals surface area (Å²) in [5.41, 5.74) is -0.578. The van der Waals surface area contributed by atoms with E-state index in [1.54, 1.807) is 12.1 Å². The number of rotatable bonds is 3. The lowest BCUT2D eigenvalue weighted by atomic mass is 10.1. The number of halogens is 2. The SMILES string of the molecule is Fc1cccc(NCC2(F)CCNC2)c1. The van der Waals surface area contributed by atoms with E-state index in [4.69, 9.17) is 0 Å². The quantitative estimate of drug-likeness (QED) is 0.800. The van der Waals surface area contributed by atoms with Crippen LogP contribution in [0.25, 0.3) is 0 Å². The molecule has 82 valence electrons. The van der Waals surface area contributed by atoms with Crippen molar-refractivity contribution >= 4 is 5.69 Å². The van der Waals surface area contributed by atoms with Crippen LogP contribution in [0.2, 0.25) is 0 Å². The summed E-state index contributed by atoms with van der Waals surface area (Å²) in [4.78, 5) is 0. The molecule has 1 unspecified atom stereocenters. The van der Waals surface area contributed by atoms with Gasteiger partial charge in [0.1, 0.15) is 11.5 Å². The minimum absolute atomic E-state index is 0.226. The smallest absolute Gasteiger partial charge is 0.141 e. The van der Waals surface area contributed by atoms with Crippen LogP contribution in [0.5, 0.6) is 0 Å². The van der Waals surface area contributed by atoms with Crippen molar-refractivity contribution in [1.82, 2.24) is 5.32 Å². The van der Waals surface area contributed by atoms with Crippen LogP contribution in [0.15, 0.2) is 24.3 Å². The highest BCUT2D eigenvalue weighted by Crippen LogP contribution is 2.20. The van der Waals surface area contributed by atoms with Gasteiger partial charge < -0.3 is 10.6 Å². The van der Waals surface area contributed by atoms with E-state index in [1.165, 1.54) is 12.1 Å². The minimum atomic E-state index is -1.20. The Morgan fingerprint density at radius 2 is 2.33 bits per heavy atom. The normalized spacial score (nSPS) is 25.5. The number of hydrogen-bond donors (Lipinski definition) is 2. The summed E-state index contributed by atoms with van der Waals surface area (Å²) in [5.74, 6) is -0.308. The van der Waals surface area contributed by atoms with Gasteiger partial charge in [0, 0.05) is 12.2 Å². The molecule has 0 aromatic heterocycles. The van der Waals surface area contributed by atoms with Crippen molar-refractivity contribution < 1.29 is 8.78 Å². The van der Waals surface area contributed by atoms with Crippen molar-refractivity contribution in [3.8, 4) is 0 Å². The Morgan fingerprint density at radius 3 is 3.00 bits per heavy atom. The van der Waals surface area contributed by atoms with Crippen molar-refractivity contribution in [3.05, 3.63) is 30.1 Å². The fourth-order valence-corrected chi connectivity index (χ4v) is 1.72. The molecule has 0 aliphatic carbocycles. The van der Waals surface area contributed by atoms with E-state index in [-0.39, 0.29) is 12.4 Å². The lowest BCUT2D eigenvalue weighted by Crippen LogP contribution is -2.34. The molecule has 0 saturated carbocycles. The Bertz CT molecular complexity index is 335. The molecule has 0 bridgehead atoms. The van der Waals surface area contributed by atoms with Gasteiger partial charge in [-0.05, 0) is 31.2 Å². The van der Waals surface area contributed by atoms with Gasteiger partial charge in [-0.2, -0.15) is 0 Å². The summed E-state index contributed by atoms with van der Waals surface area (Å²) >= 11 is 0. The summed E-state index contributed by atoms with van der Waals surface area (Å²) in [6.45, 7) is 1.31. The number of alkyl halides is 1. The van der Waals surface area contributed by atoms with Crippen LogP contribution in [0.4, 0.5) is 14.5 Å². The molecule has 2 rings (SSSR count). The first-order valence-corrected chi connectivity index (χ1v) is 5.07. The molecular formula is C11H14F2N2. The zero-order valence-electron chi connectivity index (χ0n) is 8.39. The zero-order chi connectivity index (χ0) is 10.7. The Morgan fingerprint density at radius 1 is 1.47 bits per heavy atom. The highest BCUT2D eigenvalue weighted by atomic mass is 19.1. The molecule has 1 atom stereocenters. The standard InChI is InChI=1S/C11H14F2N2/c12-9-2-1-3-10(6-9)15-8-11(13)4-5-14-7-11/h1-3,6,14-15H,4-5,7-8H2. The third-order valence-electron chi connectivity index (χ3n) is 2.63. The molecule has 2 nitrogen and oxygen atoms in total. The van der Waals surface area contributed by atoms with Crippen molar-refractivity contribution in [2.45, 2.75) is 12.1 Å². The zero-order valence-corrected chi connectivity index (χ0v) is 8.39. The summed E-state index contributed by atoms with van der Waals surface area (Å²) in [7, 11) is 0. The number of anilines is 1. The fourth-order valence-electron chi connectivity index (χ4n) is 1.72. The monoisotopic (exact) mass is 212 g/mol. The van der Waals surface area contributed by atoms with Gasteiger partial charge in [-0.25, -0.2) is 8.78 Å². The topological polar surface area (TPSA) is 24.1 Å². The first-order valence-electron chi connectivity index (χ1n) is 5.07. The van der Waals surface area contributed by atoms with Gasteiger partial charge in [-0.3, -0.25) is 0 Å². The van der Waals surface area contributed by atoms with Crippen LogP contribution >= 0.6 is 0 Å². The van der Waals surface area contributed by atoms with E-state index in [0.717, 1.165) is 0 Å². The van der Waals surface area contributed by atoms with E-state index in [0.29, 0.717) is 25.2 Å². The Hall–Kier alpha value is -1.16. The van der Waals surface area contributed by atoms with E-state index < -0.39 is 5.67 Å². The molecule has 1 fully saturated rings. The van der Waals surface area contributed by atoms with E-state index in [2.05, 4.69) is 10.6 Å². The van der Waals surface area contributed by atoms with Gasteiger partial charge >= 0.3 is 0 Å². The van der Waals surface area contributed by atoms with Crippen molar-refractivity contribution in [2.24, 2.45) is 0 Å². The maximum absolute atomic E-state index is 13.9. The highest BCUT2D eigenvalue weighted by Gasteiger charge is 2.33. The molecule has 1 saturated heterocycles. The number of benzene rings is 1. The Balaban J connectivity index is 1.92. The van der Waals surface area contributed by atoms with Gasteiger partial charge in [0.15, 0.2) is 0 Å². The van der Waals surface area contributed by atoms with Crippen molar-refractivity contribution in [3.63, 3.8) is 0 Å². The Labute approximate surface area is 87.7 Å². The second-order valence-corrected chi connectivity index (χ2v) is 3.94. The maximum Gasteiger partial charge on any atom is 0.141 e. The molecule has 1 aromatic carbocycles. The molecule has 15 heavy (non-hydrogen) atoms. The summed E-state index contributed by atoms with van der Waals surface area (Å²) in [6, 6.07) is 6.07. The number of hydrogen-bond acceptors (Lipinski definition) is 2. The summed E-state index contributed by atoms with van der Waals surface area (Å²) in [6.07, 6.45) is 0.509. The lowest BCUT2D eigenvalue weighted by molar-refractivity contribution is 0.208. The first-order chi connectivity index (χ1) is 7.18. The third-order valence-corrected chi connectivity index (χ3v) is 2.63. The average molecular weight is 212 g/mol. The average Bonchev–Trinajstić information content (AvgIpc) is 2.63. The van der Waals surface area contributed by atoms with Crippen molar-refractivity contribution in [1.29, 1.82) is 0 Å². The predicted octanol–water partition coefficient (Wildman–Crippen LogP) is 1.94.